The van der Waals surface area contributed by atoms with Gasteiger partial charge in [-0.1, -0.05) is 24.3 Å². The molecule has 7 heteroatoms. The highest BCUT2D eigenvalue weighted by molar-refractivity contribution is 5.93. The van der Waals surface area contributed by atoms with Gasteiger partial charge >= 0.3 is 0 Å². The van der Waals surface area contributed by atoms with Gasteiger partial charge in [0.25, 0.3) is 5.91 Å². The molecule has 1 aliphatic heterocycles. The second-order valence-electron chi connectivity index (χ2n) is 7.35. The van der Waals surface area contributed by atoms with Gasteiger partial charge in [-0.25, -0.2) is 9.07 Å². The summed E-state index contributed by atoms with van der Waals surface area (Å²) in [5.41, 5.74) is 3.58. The average molecular weight is 414 g/mol. The van der Waals surface area contributed by atoms with Gasteiger partial charge < -0.3 is 10.1 Å². The molecule has 2 aromatic heterocycles. The van der Waals surface area contributed by atoms with Gasteiger partial charge in [0.15, 0.2) is 0 Å². The lowest BCUT2D eigenvalue weighted by Gasteiger charge is -2.13. The number of nitrogens with zero attached hydrogens (tertiary/aromatic N) is 3. The van der Waals surface area contributed by atoms with E-state index in [1.54, 1.807) is 29.3 Å². The summed E-state index contributed by atoms with van der Waals surface area (Å²) >= 11 is 0. The molecule has 6 nitrogen and oxygen atoms in total. The minimum Gasteiger partial charge on any atom is -0.487 e. The molecule has 0 saturated carbocycles. The Bertz CT molecular complexity index is 1230. The van der Waals surface area contributed by atoms with Crippen LogP contribution in [0.2, 0.25) is 0 Å². The van der Waals surface area contributed by atoms with E-state index in [1.165, 1.54) is 18.3 Å². The summed E-state index contributed by atoms with van der Waals surface area (Å²) in [6.07, 6.45) is 6.80. The molecule has 154 valence electrons. The van der Waals surface area contributed by atoms with Crippen LogP contribution in [0.3, 0.4) is 0 Å². The molecular formula is C24H19FN4O2. The standard InChI is InChI=1S/C24H19FN4O2/c25-19-9-17-10-21(31-23(17)22(11-19)16-5-4-8-26-12-16)14-27-24(30)18-13-28-29(15-18)20-6-2-1-3-7-20/h1-9,11-13,15,21H,10,14H2,(H,27,30). The Labute approximate surface area is 178 Å². The molecule has 31 heavy (non-hydrogen) atoms. The number of para-hydroxylation sites is 1. The molecule has 0 aliphatic carbocycles. The molecule has 0 fully saturated rings. The summed E-state index contributed by atoms with van der Waals surface area (Å²) in [6.45, 7) is 0.304. The maximum atomic E-state index is 14.2. The number of pyridine rings is 1. The van der Waals surface area contributed by atoms with Crippen molar-refractivity contribution in [3.8, 4) is 22.6 Å². The number of carbonyl (C=O) groups is 1. The van der Waals surface area contributed by atoms with Crippen LogP contribution in [0.5, 0.6) is 5.75 Å². The molecule has 1 atom stereocenters. The zero-order valence-electron chi connectivity index (χ0n) is 16.5. The highest BCUT2D eigenvalue weighted by Gasteiger charge is 2.27. The lowest BCUT2D eigenvalue weighted by Crippen LogP contribution is -2.34. The highest BCUT2D eigenvalue weighted by Crippen LogP contribution is 2.39. The van der Waals surface area contributed by atoms with Crippen LogP contribution in [0.1, 0.15) is 15.9 Å². The van der Waals surface area contributed by atoms with E-state index in [0.29, 0.717) is 29.8 Å². The van der Waals surface area contributed by atoms with Crippen molar-refractivity contribution in [1.29, 1.82) is 0 Å². The van der Waals surface area contributed by atoms with E-state index in [0.717, 1.165) is 16.8 Å². The van der Waals surface area contributed by atoms with Gasteiger partial charge in [0, 0.05) is 41.7 Å². The van der Waals surface area contributed by atoms with Crippen molar-refractivity contribution in [3.05, 3.63) is 96.3 Å². The summed E-state index contributed by atoms with van der Waals surface area (Å²) in [5, 5.41) is 7.14. The van der Waals surface area contributed by atoms with Crippen molar-refractivity contribution < 1.29 is 13.9 Å². The number of halogens is 1. The van der Waals surface area contributed by atoms with E-state index in [4.69, 9.17) is 4.74 Å². The minimum atomic E-state index is -0.320. The average Bonchev–Trinajstić information content (AvgIpc) is 3.45. The number of carbonyl (C=O) groups excluding carboxylic acids is 1. The fourth-order valence-corrected chi connectivity index (χ4v) is 3.72. The van der Waals surface area contributed by atoms with Gasteiger partial charge in [0.2, 0.25) is 0 Å². The largest absolute Gasteiger partial charge is 0.487 e. The van der Waals surface area contributed by atoms with Gasteiger partial charge in [-0.05, 0) is 30.3 Å². The van der Waals surface area contributed by atoms with Crippen molar-refractivity contribution in [1.82, 2.24) is 20.1 Å². The van der Waals surface area contributed by atoms with E-state index < -0.39 is 0 Å². The molecule has 0 radical (unpaired) electrons. The first-order chi connectivity index (χ1) is 15.2. The monoisotopic (exact) mass is 414 g/mol. The Morgan fingerprint density at radius 2 is 2.03 bits per heavy atom. The van der Waals surface area contributed by atoms with Crippen molar-refractivity contribution in [2.24, 2.45) is 0 Å². The zero-order valence-corrected chi connectivity index (χ0v) is 16.5. The molecule has 5 rings (SSSR count). The Kier molecular flexibility index (Phi) is 4.92. The van der Waals surface area contributed by atoms with E-state index in [1.807, 2.05) is 36.4 Å². The first kappa shape index (κ1) is 19.0. The first-order valence-corrected chi connectivity index (χ1v) is 9.95. The number of aromatic nitrogens is 3. The molecule has 2 aromatic carbocycles. The molecular weight excluding hydrogens is 395 g/mol. The predicted octanol–water partition coefficient (Wildman–Crippen LogP) is 3.81. The third kappa shape index (κ3) is 3.90. The van der Waals surface area contributed by atoms with Gasteiger partial charge in [0.1, 0.15) is 17.7 Å². The zero-order chi connectivity index (χ0) is 21.2. The number of amides is 1. The topological polar surface area (TPSA) is 69.0 Å². The van der Waals surface area contributed by atoms with E-state index in [-0.39, 0.29) is 17.8 Å². The third-order valence-electron chi connectivity index (χ3n) is 5.19. The van der Waals surface area contributed by atoms with Crippen LogP contribution >= 0.6 is 0 Å². The van der Waals surface area contributed by atoms with Crippen LogP contribution < -0.4 is 10.1 Å². The minimum absolute atomic E-state index is 0.236. The summed E-state index contributed by atoms with van der Waals surface area (Å²) in [6, 6.07) is 16.2. The van der Waals surface area contributed by atoms with Crippen LogP contribution in [-0.2, 0) is 6.42 Å². The van der Waals surface area contributed by atoms with E-state index >= 15 is 0 Å². The lowest BCUT2D eigenvalue weighted by molar-refractivity contribution is 0.0933. The molecule has 3 heterocycles. The van der Waals surface area contributed by atoms with Crippen LogP contribution in [0.15, 0.2) is 79.4 Å². The quantitative estimate of drug-likeness (QED) is 0.539. The molecule has 0 saturated heterocycles. The second kappa shape index (κ2) is 8.02. The molecule has 1 N–H and O–H groups in total. The SMILES string of the molecule is O=C(NCC1Cc2cc(F)cc(-c3cccnc3)c2O1)c1cnn(-c2ccccc2)c1. The van der Waals surface area contributed by atoms with Crippen molar-refractivity contribution in [2.75, 3.05) is 6.54 Å². The molecule has 0 bridgehead atoms. The summed E-state index contributed by atoms with van der Waals surface area (Å²) in [7, 11) is 0. The van der Waals surface area contributed by atoms with Crippen LogP contribution in [0.25, 0.3) is 16.8 Å². The second-order valence-corrected chi connectivity index (χ2v) is 7.35. The van der Waals surface area contributed by atoms with Crippen LogP contribution in [-0.4, -0.2) is 33.3 Å². The van der Waals surface area contributed by atoms with Gasteiger partial charge in [-0.3, -0.25) is 9.78 Å². The van der Waals surface area contributed by atoms with E-state index in [2.05, 4.69) is 15.4 Å². The summed E-state index contributed by atoms with van der Waals surface area (Å²) in [5.74, 6) is 0.0881. The summed E-state index contributed by atoms with van der Waals surface area (Å²) < 4.78 is 21.9. The number of nitrogens with one attached hydrogen (secondary N) is 1. The maximum absolute atomic E-state index is 14.2. The molecule has 1 amide bonds. The van der Waals surface area contributed by atoms with Gasteiger partial charge in [-0.15, -0.1) is 0 Å². The Morgan fingerprint density at radius 3 is 2.84 bits per heavy atom. The first-order valence-electron chi connectivity index (χ1n) is 9.95. The van der Waals surface area contributed by atoms with Crippen molar-refractivity contribution in [2.45, 2.75) is 12.5 Å². The molecule has 1 unspecified atom stereocenters. The predicted molar refractivity (Wildman–Crippen MR) is 114 cm³/mol. The van der Waals surface area contributed by atoms with Crippen molar-refractivity contribution >= 4 is 5.91 Å². The Morgan fingerprint density at radius 1 is 1.16 bits per heavy atom. The fraction of sp³-hybridized carbons (Fsp3) is 0.125. The van der Waals surface area contributed by atoms with Crippen LogP contribution in [0, 0.1) is 5.82 Å². The normalized spacial score (nSPS) is 14.7. The number of ether oxygens (including phenoxy) is 1. The van der Waals surface area contributed by atoms with Gasteiger partial charge in [0.05, 0.1) is 24.0 Å². The number of rotatable bonds is 5. The smallest absolute Gasteiger partial charge is 0.254 e. The highest BCUT2D eigenvalue weighted by atomic mass is 19.1. The number of hydrogen-bond acceptors (Lipinski definition) is 4. The number of benzene rings is 2. The summed E-state index contributed by atoms with van der Waals surface area (Å²) in [4.78, 5) is 16.7. The van der Waals surface area contributed by atoms with E-state index in [9.17, 15) is 9.18 Å². The molecule has 0 spiro atoms. The van der Waals surface area contributed by atoms with Gasteiger partial charge in [-0.2, -0.15) is 5.10 Å². The fourth-order valence-electron chi connectivity index (χ4n) is 3.72. The Hall–Kier alpha value is -4.00. The number of fused-ring (bicyclic) bond motifs is 1. The van der Waals surface area contributed by atoms with Crippen molar-refractivity contribution in [3.63, 3.8) is 0 Å². The molecule has 1 aliphatic rings. The Balaban J connectivity index is 1.27. The van der Waals surface area contributed by atoms with Crippen LogP contribution in [0.4, 0.5) is 4.39 Å². The molecule has 4 aromatic rings. The third-order valence-corrected chi connectivity index (χ3v) is 5.19. The number of hydrogen-bond donors (Lipinski definition) is 1. The maximum Gasteiger partial charge on any atom is 0.254 e. The lowest BCUT2D eigenvalue weighted by atomic mass is 10.0.